The highest BCUT2D eigenvalue weighted by atomic mass is 16.1. The van der Waals surface area contributed by atoms with Crippen molar-refractivity contribution in [2.45, 2.75) is 13.5 Å². The lowest BCUT2D eigenvalue weighted by Crippen LogP contribution is -2.00. The first-order chi connectivity index (χ1) is 8.74. The number of rotatable bonds is 3. The molecule has 0 saturated carbocycles. The molecule has 0 N–H and O–H groups in total. The number of imidazole rings is 1. The molecule has 0 atom stereocenters. The van der Waals surface area contributed by atoms with E-state index >= 15 is 0 Å². The van der Waals surface area contributed by atoms with Crippen LogP contribution in [0.15, 0.2) is 30.7 Å². The third kappa shape index (κ3) is 1.88. The van der Waals surface area contributed by atoms with Crippen molar-refractivity contribution < 1.29 is 4.79 Å². The van der Waals surface area contributed by atoms with Crippen LogP contribution in [0.2, 0.25) is 0 Å². The van der Waals surface area contributed by atoms with Gasteiger partial charge in [0.15, 0.2) is 6.29 Å². The number of hydrogen-bond acceptors (Lipinski definition) is 4. The highest BCUT2D eigenvalue weighted by molar-refractivity contribution is 5.70. The smallest absolute Gasteiger partial charge is 0.171 e. The first kappa shape index (κ1) is 10.6. The summed E-state index contributed by atoms with van der Waals surface area (Å²) in [6, 6.07) is 3.99. The van der Waals surface area contributed by atoms with Gasteiger partial charge >= 0.3 is 0 Å². The Kier molecular flexibility index (Phi) is 2.40. The topological polar surface area (TPSA) is 65.1 Å². The van der Waals surface area contributed by atoms with E-state index in [1.165, 1.54) is 5.56 Å². The summed E-state index contributed by atoms with van der Waals surface area (Å²) < 4.78 is 3.57. The van der Waals surface area contributed by atoms with Crippen LogP contribution < -0.4 is 0 Å². The molecule has 3 aromatic rings. The fourth-order valence-electron chi connectivity index (χ4n) is 1.84. The number of pyridine rings is 1. The van der Waals surface area contributed by atoms with Gasteiger partial charge in [-0.15, -0.1) is 5.10 Å². The zero-order valence-electron chi connectivity index (χ0n) is 9.82. The zero-order valence-corrected chi connectivity index (χ0v) is 9.82. The third-order valence-electron chi connectivity index (χ3n) is 2.65. The van der Waals surface area contributed by atoms with E-state index in [0.717, 1.165) is 11.3 Å². The maximum Gasteiger partial charge on any atom is 0.171 e. The van der Waals surface area contributed by atoms with Gasteiger partial charge in [-0.25, -0.2) is 9.67 Å². The lowest BCUT2D eigenvalue weighted by Gasteiger charge is -1.93. The van der Waals surface area contributed by atoms with Crippen molar-refractivity contribution in [3.8, 4) is 0 Å². The fraction of sp³-hybridized carbons (Fsp3) is 0.167. The maximum absolute atomic E-state index is 10.5. The molecule has 0 aliphatic carbocycles. The molecule has 0 aromatic carbocycles. The molecular weight excluding hydrogens is 230 g/mol. The quantitative estimate of drug-likeness (QED) is 0.644. The lowest BCUT2D eigenvalue weighted by atomic mass is 10.3. The molecule has 3 aromatic heterocycles. The van der Waals surface area contributed by atoms with Gasteiger partial charge in [0.25, 0.3) is 0 Å². The van der Waals surface area contributed by atoms with Gasteiger partial charge in [-0.3, -0.25) is 4.79 Å². The van der Waals surface area contributed by atoms with Crippen LogP contribution >= 0.6 is 0 Å². The van der Waals surface area contributed by atoms with Crippen LogP contribution in [0.3, 0.4) is 0 Å². The summed E-state index contributed by atoms with van der Waals surface area (Å²) in [4.78, 5) is 15.0. The van der Waals surface area contributed by atoms with E-state index < -0.39 is 0 Å². The highest BCUT2D eigenvalue weighted by Gasteiger charge is 2.04. The number of fused-ring (bicyclic) bond motifs is 1. The Bertz CT molecular complexity index is 712. The maximum atomic E-state index is 10.5. The molecule has 90 valence electrons. The van der Waals surface area contributed by atoms with Crippen molar-refractivity contribution in [1.29, 1.82) is 0 Å². The molecule has 0 aliphatic heterocycles. The van der Waals surface area contributed by atoms with Crippen LogP contribution in [0.4, 0.5) is 0 Å². The Hall–Kier alpha value is -2.50. The number of carbonyl (C=O) groups excluding carboxylic acids is 1. The number of carbonyl (C=O) groups is 1. The molecular formula is C12H11N5O. The first-order valence-corrected chi connectivity index (χ1v) is 5.54. The summed E-state index contributed by atoms with van der Waals surface area (Å²) in [5.41, 5.74) is 3.28. The predicted molar refractivity (Wildman–Crippen MR) is 64.4 cm³/mol. The van der Waals surface area contributed by atoms with Crippen molar-refractivity contribution in [3.05, 3.63) is 47.7 Å². The molecule has 0 saturated heterocycles. The average molecular weight is 241 g/mol. The zero-order chi connectivity index (χ0) is 12.5. The molecule has 0 aliphatic rings. The summed E-state index contributed by atoms with van der Waals surface area (Å²) in [5.74, 6) is 0. The van der Waals surface area contributed by atoms with Gasteiger partial charge in [-0.1, -0.05) is 11.3 Å². The van der Waals surface area contributed by atoms with E-state index in [-0.39, 0.29) is 0 Å². The van der Waals surface area contributed by atoms with E-state index in [9.17, 15) is 4.79 Å². The van der Waals surface area contributed by atoms with Crippen molar-refractivity contribution in [1.82, 2.24) is 24.4 Å². The van der Waals surface area contributed by atoms with Gasteiger partial charge in [-0.2, -0.15) is 0 Å². The van der Waals surface area contributed by atoms with E-state index in [2.05, 4.69) is 15.3 Å². The number of aldehydes is 1. The average Bonchev–Trinajstić information content (AvgIpc) is 2.95. The van der Waals surface area contributed by atoms with Crippen molar-refractivity contribution >= 4 is 11.9 Å². The molecule has 3 heterocycles. The van der Waals surface area contributed by atoms with Crippen LogP contribution in [0.1, 0.15) is 21.7 Å². The van der Waals surface area contributed by atoms with Crippen LogP contribution in [-0.4, -0.2) is 30.7 Å². The van der Waals surface area contributed by atoms with Gasteiger partial charge in [0, 0.05) is 12.4 Å². The minimum atomic E-state index is 0.328. The largest absolute Gasteiger partial charge is 0.306 e. The number of aryl methyl sites for hydroxylation is 1. The molecule has 6 heteroatoms. The number of aromatic nitrogens is 5. The SMILES string of the molecule is Cc1ccc2nc(Cn3cc(C=O)nn3)cn2c1. The van der Waals surface area contributed by atoms with Gasteiger partial charge in [0.2, 0.25) is 0 Å². The van der Waals surface area contributed by atoms with Crippen molar-refractivity contribution in [2.24, 2.45) is 0 Å². The highest BCUT2D eigenvalue weighted by Crippen LogP contribution is 2.08. The number of nitrogens with zero attached hydrogens (tertiary/aromatic N) is 5. The van der Waals surface area contributed by atoms with Crippen LogP contribution in [0.25, 0.3) is 5.65 Å². The molecule has 0 radical (unpaired) electrons. The third-order valence-corrected chi connectivity index (χ3v) is 2.65. The monoisotopic (exact) mass is 241 g/mol. The van der Waals surface area contributed by atoms with Gasteiger partial charge < -0.3 is 4.40 Å². The summed E-state index contributed by atoms with van der Waals surface area (Å²) in [6.07, 6.45) is 6.24. The van der Waals surface area contributed by atoms with Gasteiger partial charge in [0.05, 0.1) is 18.4 Å². The Balaban J connectivity index is 1.92. The molecule has 0 amide bonds. The van der Waals surface area contributed by atoms with Gasteiger partial charge in [0.1, 0.15) is 11.3 Å². The summed E-state index contributed by atoms with van der Waals surface area (Å²) >= 11 is 0. The first-order valence-electron chi connectivity index (χ1n) is 5.54. The van der Waals surface area contributed by atoms with Crippen molar-refractivity contribution in [2.75, 3.05) is 0 Å². The summed E-state index contributed by atoms with van der Waals surface area (Å²) in [7, 11) is 0. The molecule has 0 spiro atoms. The minimum Gasteiger partial charge on any atom is -0.306 e. The van der Waals surface area contributed by atoms with Crippen molar-refractivity contribution in [3.63, 3.8) is 0 Å². The van der Waals surface area contributed by atoms with E-state index in [1.807, 2.05) is 35.9 Å². The Morgan fingerprint density at radius 2 is 2.17 bits per heavy atom. The molecule has 3 rings (SSSR count). The summed E-state index contributed by atoms with van der Waals surface area (Å²) in [6.45, 7) is 2.54. The van der Waals surface area contributed by atoms with Crippen LogP contribution in [0.5, 0.6) is 0 Å². The van der Waals surface area contributed by atoms with E-state index in [0.29, 0.717) is 18.5 Å². The van der Waals surface area contributed by atoms with E-state index in [1.54, 1.807) is 10.9 Å². The molecule has 0 bridgehead atoms. The van der Waals surface area contributed by atoms with Gasteiger partial charge in [-0.05, 0) is 18.6 Å². The number of hydrogen-bond donors (Lipinski definition) is 0. The van der Waals surface area contributed by atoms with E-state index in [4.69, 9.17) is 0 Å². The standard InChI is InChI=1S/C12H11N5O/c1-9-2-3-12-13-10(5-16(12)4-9)6-17-7-11(8-18)14-15-17/h2-5,7-8H,6H2,1H3. The summed E-state index contributed by atoms with van der Waals surface area (Å²) in [5, 5.41) is 7.57. The molecule has 6 nitrogen and oxygen atoms in total. The minimum absolute atomic E-state index is 0.328. The molecule has 0 fully saturated rings. The van der Waals surface area contributed by atoms with Crippen LogP contribution in [0, 0.1) is 6.92 Å². The fourth-order valence-corrected chi connectivity index (χ4v) is 1.84. The Morgan fingerprint density at radius 3 is 2.94 bits per heavy atom. The Labute approximate surface area is 103 Å². The van der Waals surface area contributed by atoms with Crippen LogP contribution in [-0.2, 0) is 6.54 Å². The lowest BCUT2D eigenvalue weighted by molar-refractivity contribution is 0.111. The normalized spacial score (nSPS) is 10.9. The second-order valence-electron chi connectivity index (χ2n) is 4.16. The second-order valence-corrected chi connectivity index (χ2v) is 4.16. The Morgan fingerprint density at radius 1 is 1.28 bits per heavy atom. The molecule has 0 unspecified atom stereocenters. The predicted octanol–water partition coefficient (Wildman–Crippen LogP) is 1.10. The molecule has 18 heavy (non-hydrogen) atoms. The second kappa shape index (κ2) is 4.06.